The maximum Gasteiger partial charge on any atom is 0.328 e. The average molecular weight is 240 g/mol. The summed E-state index contributed by atoms with van der Waals surface area (Å²) >= 11 is 0. The fourth-order valence-corrected chi connectivity index (χ4v) is 2.72. The van der Waals surface area contributed by atoms with Gasteiger partial charge in [-0.05, 0) is 25.7 Å². The smallest absolute Gasteiger partial charge is 0.328 e. The third-order valence-corrected chi connectivity index (χ3v) is 3.67. The van der Waals surface area contributed by atoms with Gasteiger partial charge in [0.1, 0.15) is 6.04 Å². The summed E-state index contributed by atoms with van der Waals surface area (Å²) in [7, 11) is 1.37. The molecule has 1 N–H and O–H groups in total. The van der Waals surface area contributed by atoms with Crippen LogP contribution in [0.4, 0.5) is 4.79 Å². The van der Waals surface area contributed by atoms with Gasteiger partial charge < -0.3 is 15.0 Å². The molecule has 1 heterocycles. The van der Waals surface area contributed by atoms with Crippen molar-refractivity contribution in [3.63, 3.8) is 0 Å². The molecule has 0 aromatic heterocycles. The van der Waals surface area contributed by atoms with Crippen molar-refractivity contribution in [1.82, 2.24) is 10.2 Å². The summed E-state index contributed by atoms with van der Waals surface area (Å²) in [6.07, 6.45) is 6.07. The van der Waals surface area contributed by atoms with E-state index in [0.717, 1.165) is 19.3 Å². The van der Waals surface area contributed by atoms with Crippen LogP contribution in [-0.4, -0.2) is 42.6 Å². The first-order chi connectivity index (χ1) is 8.22. The van der Waals surface area contributed by atoms with Gasteiger partial charge in [-0.1, -0.05) is 12.8 Å². The Morgan fingerprint density at radius 2 is 1.88 bits per heavy atom. The van der Waals surface area contributed by atoms with Gasteiger partial charge >= 0.3 is 12.0 Å². The van der Waals surface area contributed by atoms with E-state index in [2.05, 4.69) is 5.32 Å². The molecule has 17 heavy (non-hydrogen) atoms. The number of hydrogen-bond donors (Lipinski definition) is 1. The Balaban J connectivity index is 1.90. The molecule has 2 rings (SSSR count). The Labute approximate surface area is 101 Å². The first kappa shape index (κ1) is 12.2. The van der Waals surface area contributed by atoms with Crippen LogP contribution in [-0.2, 0) is 9.53 Å². The molecule has 2 amide bonds. The van der Waals surface area contributed by atoms with Gasteiger partial charge in [-0.15, -0.1) is 0 Å². The van der Waals surface area contributed by atoms with E-state index >= 15 is 0 Å². The highest BCUT2D eigenvalue weighted by molar-refractivity contribution is 5.84. The summed E-state index contributed by atoms with van der Waals surface area (Å²) in [5.41, 5.74) is 0. The van der Waals surface area contributed by atoms with E-state index in [1.54, 1.807) is 4.90 Å². The average Bonchev–Trinajstić information content (AvgIpc) is 2.97. The molecule has 2 fully saturated rings. The standard InChI is InChI=1S/C12H20N2O3/c1-17-11(15)10-7-4-8-14(10)12(16)13-9-5-2-3-6-9/h9-10H,2-8H2,1H3,(H,13,16). The molecule has 5 nitrogen and oxygen atoms in total. The molecule has 2 aliphatic rings. The second kappa shape index (κ2) is 5.38. The van der Waals surface area contributed by atoms with Gasteiger partial charge in [-0.25, -0.2) is 9.59 Å². The zero-order valence-electron chi connectivity index (χ0n) is 10.3. The Hall–Kier alpha value is -1.26. The lowest BCUT2D eigenvalue weighted by Gasteiger charge is -2.24. The number of amides is 2. The predicted octanol–water partition coefficient (Wildman–Crippen LogP) is 1.28. The number of ether oxygens (including phenoxy) is 1. The van der Waals surface area contributed by atoms with Crippen molar-refractivity contribution in [1.29, 1.82) is 0 Å². The zero-order chi connectivity index (χ0) is 12.3. The fraction of sp³-hybridized carbons (Fsp3) is 0.833. The summed E-state index contributed by atoms with van der Waals surface area (Å²) in [6.45, 7) is 0.651. The molecule has 5 heteroatoms. The van der Waals surface area contributed by atoms with E-state index in [-0.39, 0.29) is 18.0 Å². The summed E-state index contributed by atoms with van der Waals surface area (Å²) in [4.78, 5) is 25.2. The third kappa shape index (κ3) is 2.70. The normalized spacial score (nSPS) is 25.0. The maximum atomic E-state index is 12.0. The van der Waals surface area contributed by atoms with Crippen molar-refractivity contribution >= 4 is 12.0 Å². The van der Waals surface area contributed by atoms with Crippen LogP contribution >= 0.6 is 0 Å². The van der Waals surface area contributed by atoms with Crippen molar-refractivity contribution in [2.24, 2.45) is 0 Å². The lowest BCUT2D eigenvalue weighted by atomic mass is 10.2. The number of nitrogens with one attached hydrogen (secondary N) is 1. The quantitative estimate of drug-likeness (QED) is 0.740. The van der Waals surface area contributed by atoms with Crippen LogP contribution in [0.2, 0.25) is 0 Å². The van der Waals surface area contributed by atoms with Crippen molar-refractivity contribution in [3.8, 4) is 0 Å². The van der Waals surface area contributed by atoms with Gasteiger partial charge in [0.05, 0.1) is 7.11 Å². The van der Waals surface area contributed by atoms with E-state index in [1.165, 1.54) is 20.0 Å². The van der Waals surface area contributed by atoms with Crippen LogP contribution in [0.1, 0.15) is 38.5 Å². The highest BCUT2D eigenvalue weighted by atomic mass is 16.5. The number of rotatable bonds is 2. The van der Waals surface area contributed by atoms with Crippen LogP contribution < -0.4 is 5.32 Å². The number of carbonyl (C=O) groups is 2. The van der Waals surface area contributed by atoms with Crippen LogP contribution in [0.3, 0.4) is 0 Å². The monoisotopic (exact) mass is 240 g/mol. The minimum Gasteiger partial charge on any atom is -0.467 e. The molecule has 1 aliphatic heterocycles. The zero-order valence-corrected chi connectivity index (χ0v) is 10.3. The molecule has 1 atom stereocenters. The number of esters is 1. The van der Waals surface area contributed by atoms with Crippen LogP contribution in [0.15, 0.2) is 0 Å². The molecular weight excluding hydrogens is 220 g/mol. The molecule has 0 radical (unpaired) electrons. The Morgan fingerprint density at radius 1 is 1.18 bits per heavy atom. The van der Waals surface area contributed by atoms with Crippen molar-refractivity contribution in [2.45, 2.75) is 50.6 Å². The SMILES string of the molecule is COC(=O)C1CCCN1C(=O)NC1CCCC1. The lowest BCUT2D eigenvalue weighted by Crippen LogP contribution is -2.48. The number of urea groups is 1. The van der Waals surface area contributed by atoms with Gasteiger partial charge in [-0.3, -0.25) is 0 Å². The molecule has 1 unspecified atom stereocenters. The van der Waals surface area contributed by atoms with Gasteiger partial charge in [-0.2, -0.15) is 0 Å². The molecule has 1 aliphatic carbocycles. The molecular formula is C12H20N2O3. The number of likely N-dealkylation sites (tertiary alicyclic amines) is 1. The topological polar surface area (TPSA) is 58.6 Å². The first-order valence-electron chi connectivity index (χ1n) is 6.37. The van der Waals surface area contributed by atoms with Crippen LogP contribution in [0.5, 0.6) is 0 Å². The Kier molecular flexibility index (Phi) is 3.86. The predicted molar refractivity (Wildman–Crippen MR) is 62.5 cm³/mol. The van der Waals surface area contributed by atoms with Gasteiger partial charge in [0.2, 0.25) is 0 Å². The number of nitrogens with zero attached hydrogens (tertiary/aromatic N) is 1. The van der Waals surface area contributed by atoms with Gasteiger partial charge in [0.25, 0.3) is 0 Å². The summed E-state index contributed by atoms with van der Waals surface area (Å²) in [5.74, 6) is -0.302. The van der Waals surface area contributed by atoms with Gasteiger partial charge in [0, 0.05) is 12.6 Å². The first-order valence-corrected chi connectivity index (χ1v) is 6.37. The molecule has 96 valence electrons. The lowest BCUT2D eigenvalue weighted by molar-refractivity contribution is -0.144. The second-order valence-electron chi connectivity index (χ2n) is 4.81. The largest absolute Gasteiger partial charge is 0.467 e. The maximum absolute atomic E-state index is 12.0. The molecule has 0 spiro atoms. The number of methoxy groups -OCH3 is 1. The Bertz CT molecular complexity index is 300. The summed E-state index contributed by atoms with van der Waals surface area (Å²) in [6, 6.07) is -0.201. The fourth-order valence-electron chi connectivity index (χ4n) is 2.72. The van der Waals surface area contributed by atoms with E-state index in [4.69, 9.17) is 4.74 Å². The van der Waals surface area contributed by atoms with Crippen LogP contribution in [0.25, 0.3) is 0 Å². The minimum atomic E-state index is -0.388. The highest BCUT2D eigenvalue weighted by Crippen LogP contribution is 2.21. The minimum absolute atomic E-state index is 0.107. The van der Waals surface area contributed by atoms with E-state index < -0.39 is 0 Å². The molecule has 0 aromatic carbocycles. The third-order valence-electron chi connectivity index (χ3n) is 3.67. The molecule has 0 aromatic rings. The highest BCUT2D eigenvalue weighted by Gasteiger charge is 2.35. The molecule has 1 saturated carbocycles. The molecule has 0 bridgehead atoms. The number of carbonyl (C=O) groups excluding carboxylic acids is 2. The second-order valence-corrected chi connectivity index (χ2v) is 4.81. The summed E-state index contributed by atoms with van der Waals surface area (Å²) < 4.78 is 4.72. The van der Waals surface area contributed by atoms with E-state index in [1.807, 2.05) is 0 Å². The van der Waals surface area contributed by atoms with E-state index in [0.29, 0.717) is 19.0 Å². The summed E-state index contributed by atoms with van der Waals surface area (Å²) in [5, 5.41) is 3.01. The molecule has 1 saturated heterocycles. The Morgan fingerprint density at radius 3 is 2.53 bits per heavy atom. The van der Waals surface area contributed by atoms with Crippen molar-refractivity contribution < 1.29 is 14.3 Å². The van der Waals surface area contributed by atoms with Crippen LogP contribution in [0, 0.1) is 0 Å². The number of hydrogen-bond acceptors (Lipinski definition) is 3. The van der Waals surface area contributed by atoms with Gasteiger partial charge in [0.15, 0.2) is 0 Å². The van der Waals surface area contributed by atoms with Crippen molar-refractivity contribution in [3.05, 3.63) is 0 Å². The van der Waals surface area contributed by atoms with E-state index in [9.17, 15) is 9.59 Å². The van der Waals surface area contributed by atoms with Crippen molar-refractivity contribution in [2.75, 3.05) is 13.7 Å².